The smallest absolute Gasteiger partial charge is 0.265 e. The van der Waals surface area contributed by atoms with Crippen molar-refractivity contribution in [1.82, 2.24) is 16.1 Å². The van der Waals surface area contributed by atoms with E-state index in [2.05, 4.69) is 23.0 Å². The number of carbonyl (C=O) groups is 3. The number of hydrogen-bond donors (Lipinski definition) is 4. The van der Waals surface area contributed by atoms with E-state index < -0.39 is 11.9 Å². The van der Waals surface area contributed by atoms with Crippen LogP contribution in [0.15, 0.2) is 78.9 Å². The van der Waals surface area contributed by atoms with E-state index in [-0.39, 0.29) is 18.4 Å². The molecule has 8 heteroatoms. The molecule has 194 valence electrons. The maximum atomic E-state index is 13.2. The number of hydrazine groups is 1. The van der Waals surface area contributed by atoms with E-state index in [1.807, 2.05) is 30.3 Å². The number of hydrogen-bond acceptors (Lipinski definition) is 5. The van der Waals surface area contributed by atoms with Gasteiger partial charge in [-0.05, 0) is 47.4 Å². The molecule has 37 heavy (non-hydrogen) atoms. The number of carbonyl (C=O) groups excluding carboxylic acids is 3. The average Bonchev–Trinajstić information content (AvgIpc) is 2.94. The molecule has 3 aromatic rings. The standard InChI is InChI=1S/C29H34N4O4/c1-2-3-5-10-26(34)32-27(29(36)31-19-21-11-13-24(14-12-21)28(35)33-30)23-15-17-25(18-16-23)37-20-22-8-6-4-7-9-22/h4,6-9,11-18,27H,2-3,5,10,19-20,30H2,1H3,(H,31,36)(H,32,34)(H,33,35)/t27-/m0/s1. The summed E-state index contributed by atoms with van der Waals surface area (Å²) in [5, 5.41) is 5.76. The summed E-state index contributed by atoms with van der Waals surface area (Å²) in [7, 11) is 0. The van der Waals surface area contributed by atoms with Crippen molar-refractivity contribution < 1.29 is 19.1 Å². The van der Waals surface area contributed by atoms with Crippen molar-refractivity contribution >= 4 is 17.7 Å². The molecule has 0 aromatic heterocycles. The predicted octanol–water partition coefficient (Wildman–Crippen LogP) is 3.92. The van der Waals surface area contributed by atoms with Crippen LogP contribution in [0.25, 0.3) is 0 Å². The summed E-state index contributed by atoms with van der Waals surface area (Å²) in [6.07, 6.45) is 3.09. The number of amides is 3. The van der Waals surface area contributed by atoms with Crippen LogP contribution in [0, 0.1) is 0 Å². The van der Waals surface area contributed by atoms with Crippen LogP contribution < -0.4 is 26.6 Å². The van der Waals surface area contributed by atoms with Gasteiger partial charge in [0.2, 0.25) is 11.8 Å². The highest BCUT2D eigenvalue weighted by Gasteiger charge is 2.22. The van der Waals surface area contributed by atoms with Crippen molar-refractivity contribution in [2.75, 3.05) is 0 Å². The number of benzene rings is 3. The van der Waals surface area contributed by atoms with Crippen LogP contribution in [0.2, 0.25) is 0 Å². The van der Waals surface area contributed by atoms with E-state index in [1.165, 1.54) is 0 Å². The SMILES string of the molecule is CCCCCC(=O)N[C@H](C(=O)NCc1ccc(C(=O)NN)cc1)c1ccc(OCc2ccccc2)cc1. The molecular formula is C29H34N4O4. The molecule has 5 N–H and O–H groups in total. The fourth-order valence-corrected chi connectivity index (χ4v) is 3.71. The molecule has 0 aliphatic carbocycles. The summed E-state index contributed by atoms with van der Waals surface area (Å²) >= 11 is 0. The monoisotopic (exact) mass is 502 g/mol. The Morgan fingerprint density at radius 3 is 2.22 bits per heavy atom. The van der Waals surface area contributed by atoms with Gasteiger partial charge in [-0.15, -0.1) is 0 Å². The molecule has 3 aromatic carbocycles. The summed E-state index contributed by atoms with van der Waals surface area (Å²) in [5.41, 5.74) is 5.02. The maximum absolute atomic E-state index is 13.2. The Morgan fingerprint density at radius 1 is 0.865 bits per heavy atom. The summed E-state index contributed by atoms with van der Waals surface area (Å²) in [4.78, 5) is 37.4. The second-order valence-corrected chi connectivity index (χ2v) is 8.69. The highest BCUT2D eigenvalue weighted by molar-refractivity contribution is 5.93. The molecule has 0 saturated heterocycles. The van der Waals surface area contributed by atoms with Gasteiger partial charge in [-0.25, -0.2) is 5.84 Å². The van der Waals surface area contributed by atoms with Gasteiger partial charge >= 0.3 is 0 Å². The highest BCUT2D eigenvalue weighted by Crippen LogP contribution is 2.20. The first-order valence-corrected chi connectivity index (χ1v) is 12.4. The van der Waals surface area contributed by atoms with Gasteiger partial charge in [0.15, 0.2) is 0 Å². The topological polar surface area (TPSA) is 123 Å². The Labute approximate surface area is 217 Å². The summed E-state index contributed by atoms with van der Waals surface area (Å²) < 4.78 is 5.85. The van der Waals surface area contributed by atoms with Gasteiger partial charge in [0, 0.05) is 18.5 Å². The largest absolute Gasteiger partial charge is 0.489 e. The molecule has 0 unspecified atom stereocenters. The molecule has 0 saturated carbocycles. The molecule has 3 amide bonds. The third-order valence-corrected chi connectivity index (χ3v) is 5.85. The molecule has 1 atom stereocenters. The van der Waals surface area contributed by atoms with Gasteiger partial charge in [-0.1, -0.05) is 74.4 Å². The van der Waals surface area contributed by atoms with Crippen LogP contribution in [0.5, 0.6) is 5.75 Å². The second kappa shape index (κ2) is 14.4. The van der Waals surface area contributed by atoms with Crippen LogP contribution in [-0.4, -0.2) is 17.7 Å². The number of nitrogens with one attached hydrogen (secondary N) is 3. The minimum atomic E-state index is -0.848. The molecule has 0 aliphatic rings. The maximum Gasteiger partial charge on any atom is 0.265 e. The minimum absolute atomic E-state index is 0.171. The quantitative estimate of drug-likeness (QED) is 0.122. The molecule has 0 aliphatic heterocycles. The van der Waals surface area contributed by atoms with Crippen molar-refractivity contribution in [2.45, 2.75) is 51.8 Å². The second-order valence-electron chi connectivity index (χ2n) is 8.69. The number of unbranched alkanes of at least 4 members (excludes halogenated alkanes) is 2. The fourth-order valence-electron chi connectivity index (χ4n) is 3.71. The third kappa shape index (κ3) is 8.77. The first kappa shape index (κ1) is 27.4. The Kier molecular flexibility index (Phi) is 10.7. The number of rotatable bonds is 13. The van der Waals surface area contributed by atoms with E-state index in [1.54, 1.807) is 48.5 Å². The van der Waals surface area contributed by atoms with Crippen LogP contribution in [-0.2, 0) is 22.7 Å². The number of nitrogens with two attached hydrogens (primary N) is 1. The van der Waals surface area contributed by atoms with Gasteiger partial charge in [0.25, 0.3) is 5.91 Å². The normalized spacial score (nSPS) is 11.3. The predicted molar refractivity (Wildman–Crippen MR) is 142 cm³/mol. The first-order chi connectivity index (χ1) is 18.0. The van der Waals surface area contributed by atoms with Crippen molar-refractivity contribution in [3.63, 3.8) is 0 Å². The van der Waals surface area contributed by atoms with Gasteiger partial charge in [-0.3, -0.25) is 19.8 Å². The Bertz CT molecular complexity index is 1150. The molecule has 3 rings (SSSR count). The van der Waals surface area contributed by atoms with Crippen molar-refractivity contribution in [2.24, 2.45) is 5.84 Å². The van der Waals surface area contributed by atoms with Gasteiger partial charge in [-0.2, -0.15) is 0 Å². The zero-order valence-electron chi connectivity index (χ0n) is 21.0. The van der Waals surface area contributed by atoms with Crippen molar-refractivity contribution in [1.29, 1.82) is 0 Å². The molecule has 0 bridgehead atoms. The van der Waals surface area contributed by atoms with E-state index in [4.69, 9.17) is 10.6 Å². The zero-order chi connectivity index (χ0) is 26.5. The lowest BCUT2D eigenvalue weighted by atomic mass is 10.0. The van der Waals surface area contributed by atoms with Crippen LogP contribution in [0.3, 0.4) is 0 Å². The van der Waals surface area contributed by atoms with Gasteiger partial charge in [0.1, 0.15) is 18.4 Å². The van der Waals surface area contributed by atoms with Crippen LogP contribution in [0.4, 0.5) is 0 Å². The highest BCUT2D eigenvalue weighted by atomic mass is 16.5. The average molecular weight is 503 g/mol. The molecule has 0 radical (unpaired) electrons. The molecule has 0 spiro atoms. The van der Waals surface area contributed by atoms with E-state index in [0.29, 0.717) is 29.9 Å². The van der Waals surface area contributed by atoms with Gasteiger partial charge in [0.05, 0.1) is 0 Å². The summed E-state index contributed by atoms with van der Waals surface area (Å²) in [6, 6.07) is 22.9. The van der Waals surface area contributed by atoms with Crippen LogP contribution >= 0.6 is 0 Å². The Balaban J connectivity index is 1.66. The minimum Gasteiger partial charge on any atom is -0.489 e. The van der Waals surface area contributed by atoms with Crippen LogP contribution in [0.1, 0.15) is 65.7 Å². The molecule has 8 nitrogen and oxygen atoms in total. The lowest BCUT2D eigenvalue weighted by molar-refractivity contribution is -0.129. The number of nitrogen functional groups attached to an aromatic ring is 1. The summed E-state index contributed by atoms with van der Waals surface area (Å²) in [6.45, 7) is 2.75. The fraction of sp³-hybridized carbons (Fsp3) is 0.276. The first-order valence-electron chi connectivity index (χ1n) is 12.4. The third-order valence-electron chi connectivity index (χ3n) is 5.85. The molecular weight excluding hydrogens is 468 g/mol. The lowest BCUT2D eigenvalue weighted by Crippen LogP contribution is -2.40. The van der Waals surface area contributed by atoms with E-state index in [0.717, 1.165) is 30.4 Å². The van der Waals surface area contributed by atoms with E-state index >= 15 is 0 Å². The van der Waals surface area contributed by atoms with Gasteiger partial charge < -0.3 is 15.4 Å². The lowest BCUT2D eigenvalue weighted by Gasteiger charge is -2.19. The Morgan fingerprint density at radius 2 is 1.57 bits per heavy atom. The van der Waals surface area contributed by atoms with Crippen molar-refractivity contribution in [3.05, 3.63) is 101 Å². The van der Waals surface area contributed by atoms with E-state index in [9.17, 15) is 14.4 Å². The Hall–Kier alpha value is -4.17. The number of ether oxygens (including phenoxy) is 1. The van der Waals surface area contributed by atoms with Crippen molar-refractivity contribution in [3.8, 4) is 5.75 Å². The zero-order valence-corrected chi connectivity index (χ0v) is 21.0. The molecule has 0 fully saturated rings. The summed E-state index contributed by atoms with van der Waals surface area (Å²) in [5.74, 6) is 4.94. The molecule has 0 heterocycles.